The number of urea groups is 1. The van der Waals surface area contributed by atoms with Gasteiger partial charge in [-0.15, -0.1) is 0 Å². The molecule has 4 aromatic rings. The summed E-state index contributed by atoms with van der Waals surface area (Å²) in [6.45, 7) is 4.34. The lowest BCUT2D eigenvalue weighted by molar-refractivity contribution is -0.142. The second-order valence-electron chi connectivity index (χ2n) is 12.8. The maximum absolute atomic E-state index is 13.9. The van der Waals surface area contributed by atoms with E-state index in [-0.39, 0.29) is 18.9 Å². The summed E-state index contributed by atoms with van der Waals surface area (Å²) in [7, 11) is 0. The number of nitrogens with one attached hydrogen (secondary N) is 1. The summed E-state index contributed by atoms with van der Waals surface area (Å²) in [6, 6.07) is 32.0. The van der Waals surface area contributed by atoms with Crippen LogP contribution < -0.4 is 10.1 Å². The van der Waals surface area contributed by atoms with Crippen molar-refractivity contribution in [3.05, 3.63) is 125 Å². The van der Waals surface area contributed by atoms with Crippen molar-refractivity contribution in [1.29, 1.82) is 0 Å². The van der Waals surface area contributed by atoms with Crippen LogP contribution in [0.2, 0.25) is 0 Å². The van der Waals surface area contributed by atoms with Crippen LogP contribution in [-0.2, 0) is 35.3 Å². The number of amides is 2. The first kappa shape index (κ1) is 33.5. The number of carbonyl (C=O) groups excluding carboxylic acids is 2. The van der Waals surface area contributed by atoms with Gasteiger partial charge in [0.15, 0.2) is 0 Å². The second kappa shape index (κ2) is 16.1. The predicted octanol–water partition coefficient (Wildman–Crippen LogP) is 7.36. The molecule has 7 nitrogen and oxygen atoms in total. The number of hydrogen-bond donors (Lipinski definition) is 2. The van der Waals surface area contributed by atoms with Gasteiger partial charge in [0.25, 0.3) is 0 Å². The summed E-state index contributed by atoms with van der Waals surface area (Å²) in [6.07, 6.45) is 4.25. The molecule has 47 heavy (non-hydrogen) atoms. The summed E-state index contributed by atoms with van der Waals surface area (Å²) >= 11 is 0. The lowest BCUT2D eigenvalue weighted by Crippen LogP contribution is -2.52. The van der Waals surface area contributed by atoms with E-state index in [1.807, 2.05) is 117 Å². The van der Waals surface area contributed by atoms with Crippen LogP contribution in [0.1, 0.15) is 48.9 Å². The fourth-order valence-electron chi connectivity index (χ4n) is 6.16. The first-order valence-electron chi connectivity index (χ1n) is 16.5. The molecular weight excluding hydrogens is 588 g/mol. The zero-order chi connectivity index (χ0) is 33.2. The van der Waals surface area contributed by atoms with Crippen molar-refractivity contribution in [3.63, 3.8) is 0 Å². The van der Waals surface area contributed by atoms with Crippen molar-refractivity contribution in [2.24, 2.45) is 11.8 Å². The molecule has 4 aromatic carbocycles. The first-order chi connectivity index (χ1) is 22.7. The van der Waals surface area contributed by atoms with Crippen LogP contribution in [0.3, 0.4) is 0 Å². The minimum atomic E-state index is -0.986. The largest absolute Gasteiger partial charge is 0.481 e. The van der Waals surface area contributed by atoms with Gasteiger partial charge in [-0.25, -0.2) is 9.59 Å². The number of carbonyl (C=O) groups is 3. The van der Waals surface area contributed by atoms with Crippen molar-refractivity contribution in [1.82, 2.24) is 10.2 Å². The van der Waals surface area contributed by atoms with Gasteiger partial charge in [-0.2, -0.15) is 0 Å². The van der Waals surface area contributed by atoms with Crippen LogP contribution in [0.25, 0.3) is 11.1 Å². The molecule has 1 aliphatic rings. The highest BCUT2D eigenvalue weighted by molar-refractivity contribution is 5.85. The van der Waals surface area contributed by atoms with Gasteiger partial charge in [-0.05, 0) is 83.5 Å². The molecule has 0 saturated carbocycles. The summed E-state index contributed by atoms with van der Waals surface area (Å²) in [5.41, 5.74) is 6.51. The van der Waals surface area contributed by atoms with E-state index in [1.54, 1.807) is 0 Å². The Kier molecular flexibility index (Phi) is 11.4. The first-order valence-corrected chi connectivity index (χ1v) is 16.5. The Morgan fingerprint density at radius 2 is 1.45 bits per heavy atom. The molecule has 0 heterocycles. The van der Waals surface area contributed by atoms with Crippen molar-refractivity contribution in [3.8, 4) is 16.9 Å². The molecule has 5 rings (SSSR count). The molecule has 0 spiro atoms. The zero-order valence-corrected chi connectivity index (χ0v) is 27.2. The topological polar surface area (TPSA) is 95.9 Å². The highest BCUT2D eigenvalue weighted by atomic mass is 16.5. The zero-order valence-electron chi connectivity index (χ0n) is 27.2. The van der Waals surface area contributed by atoms with Crippen LogP contribution >= 0.6 is 0 Å². The lowest BCUT2D eigenvalue weighted by atomic mass is 9.98. The minimum Gasteiger partial charge on any atom is -0.481 e. The van der Waals surface area contributed by atoms with E-state index in [2.05, 4.69) is 5.32 Å². The van der Waals surface area contributed by atoms with Gasteiger partial charge in [0.05, 0.1) is 5.92 Å². The van der Waals surface area contributed by atoms with Crippen molar-refractivity contribution < 1.29 is 24.2 Å². The maximum atomic E-state index is 13.9. The number of esters is 1. The Morgan fingerprint density at radius 3 is 2.13 bits per heavy atom. The average molecular weight is 633 g/mol. The van der Waals surface area contributed by atoms with E-state index in [4.69, 9.17) is 4.74 Å². The number of aliphatic carboxylic acids is 1. The number of carboxylic acid groups (broad SMARTS) is 1. The van der Waals surface area contributed by atoms with E-state index in [0.717, 1.165) is 41.5 Å². The highest BCUT2D eigenvalue weighted by Crippen LogP contribution is 2.27. The smallest absolute Gasteiger partial charge is 0.334 e. The van der Waals surface area contributed by atoms with E-state index < -0.39 is 29.9 Å². The highest BCUT2D eigenvalue weighted by Gasteiger charge is 2.29. The van der Waals surface area contributed by atoms with Gasteiger partial charge < -0.3 is 20.1 Å². The summed E-state index contributed by atoms with van der Waals surface area (Å²) < 4.78 is 5.87. The number of aryl methyl sites for hydroxylation is 3. The Bertz CT molecular complexity index is 1640. The third-order valence-electron chi connectivity index (χ3n) is 8.66. The standard InChI is InChI=1S/C40H44N2O5/c1-28(2)26-42(27-35(38(43)44)21-16-29-10-5-3-6-11-29)40(46)41-37(39(45)47-36-23-22-32-14-9-15-34(32)25-36)24-30-17-19-33(20-18-30)31-12-7-4-8-13-31/h3-8,10-13,17-20,22-23,25,28,35,37H,9,14-16,21,24,26-27H2,1-2H3,(H,41,46)(H,43,44)/t35?,37-/m0/s1. The van der Waals surface area contributed by atoms with E-state index in [9.17, 15) is 19.5 Å². The number of carboxylic acids is 1. The van der Waals surface area contributed by atoms with E-state index in [0.29, 0.717) is 25.1 Å². The number of nitrogens with zero attached hydrogens (tertiary/aromatic N) is 1. The number of fused-ring (bicyclic) bond motifs is 1. The number of hydrogen-bond acceptors (Lipinski definition) is 4. The molecule has 244 valence electrons. The van der Waals surface area contributed by atoms with E-state index >= 15 is 0 Å². The molecule has 2 atom stereocenters. The molecule has 0 aliphatic heterocycles. The van der Waals surface area contributed by atoms with Crippen molar-refractivity contribution in [2.75, 3.05) is 13.1 Å². The molecule has 7 heteroatoms. The number of rotatable bonds is 14. The Balaban J connectivity index is 1.34. The van der Waals surface area contributed by atoms with Gasteiger partial charge in [-0.3, -0.25) is 4.79 Å². The van der Waals surface area contributed by atoms with Gasteiger partial charge in [0.2, 0.25) is 0 Å². The predicted molar refractivity (Wildman–Crippen MR) is 184 cm³/mol. The van der Waals surface area contributed by atoms with Crippen molar-refractivity contribution in [2.45, 2.75) is 58.4 Å². The Hall–Kier alpha value is -4.91. The minimum absolute atomic E-state index is 0.0323. The van der Waals surface area contributed by atoms with Crippen LogP contribution in [-0.4, -0.2) is 47.1 Å². The fraction of sp³-hybridized carbons (Fsp3) is 0.325. The quantitative estimate of drug-likeness (QED) is 0.112. The molecule has 0 radical (unpaired) electrons. The molecule has 0 saturated heterocycles. The van der Waals surface area contributed by atoms with Gasteiger partial charge in [0, 0.05) is 19.5 Å². The Morgan fingerprint density at radius 1 is 0.787 bits per heavy atom. The van der Waals surface area contributed by atoms with Crippen molar-refractivity contribution >= 4 is 18.0 Å². The SMILES string of the molecule is CC(C)CN(CC(CCc1ccccc1)C(=O)O)C(=O)N[C@@H](Cc1ccc(-c2ccccc2)cc1)C(=O)Oc1ccc2c(c1)CCC2. The van der Waals surface area contributed by atoms with E-state index in [1.165, 1.54) is 16.0 Å². The lowest BCUT2D eigenvalue weighted by Gasteiger charge is -2.29. The normalized spacial score (nSPS) is 13.4. The molecule has 1 aliphatic carbocycles. The molecule has 2 amide bonds. The third kappa shape index (κ3) is 9.55. The van der Waals surface area contributed by atoms with Crippen LogP contribution in [0, 0.1) is 11.8 Å². The molecule has 0 aromatic heterocycles. The Labute approximate surface area is 277 Å². The summed E-state index contributed by atoms with van der Waals surface area (Å²) in [5, 5.41) is 13.0. The van der Waals surface area contributed by atoms with Gasteiger partial charge >= 0.3 is 18.0 Å². The molecule has 2 N–H and O–H groups in total. The van der Waals surface area contributed by atoms with Crippen LogP contribution in [0.15, 0.2) is 103 Å². The summed E-state index contributed by atoms with van der Waals surface area (Å²) in [5.74, 6) is -1.73. The second-order valence-corrected chi connectivity index (χ2v) is 12.8. The number of ether oxygens (including phenoxy) is 1. The molecule has 0 fully saturated rings. The maximum Gasteiger partial charge on any atom is 0.334 e. The average Bonchev–Trinajstić information content (AvgIpc) is 3.55. The van der Waals surface area contributed by atoms with Crippen LogP contribution in [0.4, 0.5) is 4.79 Å². The molecule has 0 bridgehead atoms. The molecular formula is C40H44N2O5. The monoisotopic (exact) mass is 632 g/mol. The van der Waals surface area contributed by atoms with Gasteiger partial charge in [-0.1, -0.05) is 105 Å². The van der Waals surface area contributed by atoms with Gasteiger partial charge in [0.1, 0.15) is 11.8 Å². The fourth-order valence-corrected chi connectivity index (χ4v) is 6.16. The molecule has 1 unspecified atom stereocenters. The third-order valence-corrected chi connectivity index (χ3v) is 8.66. The number of benzene rings is 4. The summed E-state index contributed by atoms with van der Waals surface area (Å²) in [4.78, 5) is 41.4. The van der Waals surface area contributed by atoms with Crippen LogP contribution in [0.5, 0.6) is 5.75 Å².